The molecule has 0 bridgehead atoms. The topological polar surface area (TPSA) is 12.0 Å². The van der Waals surface area contributed by atoms with E-state index in [0.29, 0.717) is 6.04 Å². The van der Waals surface area contributed by atoms with Crippen molar-refractivity contribution >= 4 is 0 Å². The molecule has 0 aliphatic heterocycles. The second kappa shape index (κ2) is 5.31. The molecule has 0 spiro atoms. The Morgan fingerprint density at radius 3 is 2.56 bits per heavy atom. The van der Waals surface area contributed by atoms with Crippen LogP contribution in [0.3, 0.4) is 0 Å². The Morgan fingerprint density at radius 1 is 1.19 bits per heavy atom. The molecule has 16 heavy (non-hydrogen) atoms. The number of aryl methyl sites for hydroxylation is 2. The minimum Gasteiger partial charge on any atom is -0.310 e. The summed E-state index contributed by atoms with van der Waals surface area (Å²) in [6.07, 6.45) is 8.28. The summed E-state index contributed by atoms with van der Waals surface area (Å²) in [4.78, 5) is 0. The summed E-state index contributed by atoms with van der Waals surface area (Å²) in [6, 6.07) is 7.21. The maximum atomic E-state index is 3.67. The third-order valence-electron chi connectivity index (χ3n) is 3.48. The van der Waals surface area contributed by atoms with Gasteiger partial charge in [-0.1, -0.05) is 30.4 Å². The molecule has 0 saturated carbocycles. The van der Waals surface area contributed by atoms with Gasteiger partial charge in [-0.3, -0.25) is 0 Å². The van der Waals surface area contributed by atoms with Crippen LogP contribution in [0.2, 0.25) is 0 Å². The van der Waals surface area contributed by atoms with E-state index in [-0.39, 0.29) is 0 Å². The van der Waals surface area contributed by atoms with E-state index in [0.717, 1.165) is 6.54 Å². The molecule has 1 aromatic carbocycles. The highest BCUT2D eigenvalue weighted by Crippen LogP contribution is 2.15. The summed E-state index contributed by atoms with van der Waals surface area (Å²) in [5.41, 5.74) is 4.27. The van der Waals surface area contributed by atoms with Crippen molar-refractivity contribution in [2.75, 3.05) is 0 Å². The van der Waals surface area contributed by atoms with Crippen LogP contribution in [-0.2, 0) is 6.54 Å². The molecule has 1 aliphatic rings. The summed E-state index contributed by atoms with van der Waals surface area (Å²) in [7, 11) is 0. The van der Waals surface area contributed by atoms with Gasteiger partial charge in [-0.05, 0) is 49.8 Å². The zero-order valence-corrected chi connectivity index (χ0v) is 10.3. The second-order valence-electron chi connectivity index (χ2n) is 4.73. The predicted molar refractivity (Wildman–Crippen MR) is 69.5 cm³/mol. The fourth-order valence-corrected chi connectivity index (χ4v) is 2.35. The van der Waals surface area contributed by atoms with Gasteiger partial charge in [0, 0.05) is 12.6 Å². The molecule has 1 aromatic rings. The van der Waals surface area contributed by atoms with Gasteiger partial charge >= 0.3 is 0 Å². The van der Waals surface area contributed by atoms with Crippen LogP contribution in [0.5, 0.6) is 0 Å². The van der Waals surface area contributed by atoms with E-state index in [2.05, 4.69) is 49.5 Å². The van der Waals surface area contributed by atoms with Crippen LogP contribution in [-0.4, -0.2) is 6.04 Å². The fraction of sp³-hybridized carbons (Fsp3) is 0.467. The van der Waals surface area contributed by atoms with Gasteiger partial charge in [-0.15, -0.1) is 0 Å². The van der Waals surface area contributed by atoms with Crippen LogP contribution < -0.4 is 5.32 Å². The van der Waals surface area contributed by atoms with E-state index in [9.17, 15) is 0 Å². The van der Waals surface area contributed by atoms with E-state index in [1.165, 1.54) is 36.0 Å². The van der Waals surface area contributed by atoms with Gasteiger partial charge < -0.3 is 5.32 Å². The third kappa shape index (κ3) is 2.73. The average molecular weight is 215 g/mol. The first-order valence-electron chi connectivity index (χ1n) is 6.21. The summed E-state index contributed by atoms with van der Waals surface area (Å²) >= 11 is 0. The van der Waals surface area contributed by atoms with Crippen molar-refractivity contribution in [3.8, 4) is 0 Å². The largest absolute Gasteiger partial charge is 0.310 e. The lowest BCUT2D eigenvalue weighted by Gasteiger charge is -2.20. The van der Waals surface area contributed by atoms with Gasteiger partial charge in [-0.25, -0.2) is 0 Å². The quantitative estimate of drug-likeness (QED) is 0.761. The van der Waals surface area contributed by atoms with Gasteiger partial charge in [0.15, 0.2) is 0 Å². The Labute approximate surface area is 98.6 Å². The first-order chi connectivity index (χ1) is 7.77. The molecule has 2 rings (SSSR count). The van der Waals surface area contributed by atoms with Crippen molar-refractivity contribution in [3.05, 3.63) is 47.0 Å². The monoisotopic (exact) mass is 215 g/mol. The molecule has 1 heteroatoms. The highest BCUT2D eigenvalue weighted by atomic mass is 14.9. The van der Waals surface area contributed by atoms with E-state index in [1.807, 2.05) is 0 Å². The maximum Gasteiger partial charge on any atom is 0.0213 e. The molecule has 0 heterocycles. The minimum absolute atomic E-state index is 0.670. The predicted octanol–water partition coefficient (Wildman–Crippen LogP) is 3.50. The van der Waals surface area contributed by atoms with Gasteiger partial charge in [0.2, 0.25) is 0 Å². The Kier molecular flexibility index (Phi) is 3.79. The summed E-state index contributed by atoms with van der Waals surface area (Å²) < 4.78 is 0. The zero-order chi connectivity index (χ0) is 11.4. The number of rotatable bonds is 3. The molecule has 0 fully saturated rings. The van der Waals surface area contributed by atoms with Crippen molar-refractivity contribution in [3.63, 3.8) is 0 Å². The molecular weight excluding hydrogens is 194 g/mol. The highest BCUT2D eigenvalue weighted by molar-refractivity contribution is 5.33. The Morgan fingerprint density at radius 2 is 1.94 bits per heavy atom. The Balaban J connectivity index is 1.96. The molecule has 0 aromatic heterocycles. The molecule has 1 atom stereocenters. The van der Waals surface area contributed by atoms with Crippen molar-refractivity contribution in [2.24, 2.45) is 0 Å². The smallest absolute Gasteiger partial charge is 0.0213 e. The fourth-order valence-electron chi connectivity index (χ4n) is 2.35. The van der Waals surface area contributed by atoms with Gasteiger partial charge in [-0.2, -0.15) is 0 Å². The van der Waals surface area contributed by atoms with Crippen molar-refractivity contribution in [1.29, 1.82) is 0 Å². The summed E-state index contributed by atoms with van der Waals surface area (Å²) in [5.74, 6) is 0. The standard InChI is InChI=1S/C15H21N/c1-12-7-6-8-13(2)15(12)11-16-14-9-4-3-5-10-14/h3-4,6-8,14,16H,5,9-11H2,1-2H3. The van der Waals surface area contributed by atoms with E-state index >= 15 is 0 Å². The van der Waals surface area contributed by atoms with Crippen molar-refractivity contribution in [1.82, 2.24) is 5.32 Å². The van der Waals surface area contributed by atoms with Crippen LogP contribution >= 0.6 is 0 Å². The van der Waals surface area contributed by atoms with E-state index < -0.39 is 0 Å². The third-order valence-corrected chi connectivity index (χ3v) is 3.48. The second-order valence-corrected chi connectivity index (χ2v) is 4.73. The van der Waals surface area contributed by atoms with Crippen LogP contribution in [0.25, 0.3) is 0 Å². The lowest BCUT2D eigenvalue weighted by atomic mass is 9.99. The molecule has 0 amide bonds. The maximum absolute atomic E-state index is 3.67. The van der Waals surface area contributed by atoms with Crippen LogP contribution in [0, 0.1) is 13.8 Å². The van der Waals surface area contributed by atoms with Crippen LogP contribution in [0.15, 0.2) is 30.4 Å². The average Bonchev–Trinajstić information content (AvgIpc) is 2.30. The number of benzene rings is 1. The zero-order valence-electron chi connectivity index (χ0n) is 10.3. The first-order valence-corrected chi connectivity index (χ1v) is 6.21. The summed E-state index contributed by atoms with van der Waals surface area (Å²) in [6.45, 7) is 5.41. The van der Waals surface area contributed by atoms with Crippen LogP contribution in [0.4, 0.5) is 0 Å². The van der Waals surface area contributed by atoms with E-state index in [1.54, 1.807) is 0 Å². The van der Waals surface area contributed by atoms with E-state index in [4.69, 9.17) is 0 Å². The van der Waals surface area contributed by atoms with Crippen molar-refractivity contribution < 1.29 is 0 Å². The molecule has 1 unspecified atom stereocenters. The first kappa shape index (κ1) is 11.4. The van der Waals surface area contributed by atoms with Crippen LogP contribution in [0.1, 0.15) is 36.0 Å². The SMILES string of the molecule is Cc1cccc(C)c1CNC1CC=CCC1. The number of nitrogens with one attached hydrogen (secondary N) is 1. The molecule has 86 valence electrons. The molecule has 1 aliphatic carbocycles. The number of hydrogen-bond donors (Lipinski definition) is 1. The molecule has 0 radical (unpaired) electrons. The lowest BCUT2D eigenvalue weighted by molar-refractivity contribution is 0.473. The minimum atomic E-state index is 0.670. The molecule has 1 N–H and O–H groups in total. The number of allylic oxidation sites excluding steroid dienone is 1. The van der Waals surface area contributed by atoms with Crippen molar-refractivity contribution in [2.45, 2.75) is 45.7 Å². The number of hydrogen-bond acceptors (Lipinski definition) is 1. The highest BCUT2D eigenvalue weighted by Gasteiger charge is 2.10. The normalized spacial score (nSPS) is 20.0. The molecule has 0 saturated heterocycles. The Hall–Kier alpha value is -1.08. The summed E-state index contributed by atoms with van der Waals surface area (Å²) in [5, 5.41) is 3.67. The van der Waals surface area contributed by atoms with Gasteiger partial charge in [0.25, 0.3) is 0 Å². The van der Waals surface area contributed by atoms with Gasteiger partial charge in [0.05, 0.1) is 0 Å². The molecular formula is C15H21N. The molecule has 1 nitrogen and oxygen atoms in total. The lowest BCUT2D eigenvalue weighted by Crippen LogP contribution is -2.29. The Bertz CT molecular complexity index is 359. The van der Waals surface area contributed by atoms with Gasteiger partial charge in [0.1, 0.15) is 0 Å².